The van der Waals surface area contributed by atoms with E-state index in [0.29, 0.717) is 50.4 Å². The maximum atomic E-state index is 13.9. The first-order chi connectivity index (χ1) is 23.9. The molecule has 3 aliphatic heterocycles. The Labute approximate surface area is 298 Å². The predicted molar refractivity (Wildman–Crippen MR) is 191 cm³/mol. The van der Waals surface area contributed by atoms with Crippen LogP contribution < -0.4 is 10.9 Å². The molecule has 0 amide bonds. The molecule has 0 unspecified atom stereocenters. The van der Waals surface area contributed by atoms with Crippen molar-refractivity contribution < 1.29 is 29.3 Å². The molecule has 3 heterocycles. The Morgan fingerprint density at radius 1 is 1.04 bits per heavy atom. The summed E-state index contributed by atoms with van der Waals surface area (Å²) < 4.78 is 12.0. The number of nitrogens with one attached hydrogen (secondary N) is 2. The Hall–Kier alpha value is -2.70. The first-order valence-electron chi connectivity index (χ1n) is 19.5. The number of rotatable bonds is 11. The molecule has 3 saturated carbocycles. The minimum atomic E-state index is -1.44. The molecule has 7 rings (SSSR count). The smallest absolute Gasteiger partial charge is 0.331 e. The predicted octanol–water partition coefficient (Wildman–Crippen LogP) is 6.30. The number of carbonyl (C=O) groups is 2. The Bertz CT molecular complexity index is 1540. The topological polar surface area (TPSA) is 117 Å². The summed E-state index contributed by atoms with van der Waals surface area (Å²) in [5.41, 5.74) is 4.60. The molecular formula is C42H58N2O6. The molecule has 1 aromatic rings. The zero-order valence-corrected chi connectivity index (χ0v) is 30.4. The van der Waals surface area contributed by atoms with Gasteiger partial charge in [0.15, 0.2) is 5.72 Å². The van der Waals surface area contributed by atoms with Crippen LogP contribution in [0, 0.1) is 45.8 Å². The van der Waals surface area contributed by atoms with Gasteiger partial charge in [-0.15, -0.1) is 5.92 Å². The Balaban J connectivity index is 1.30. The van der Waals surface area contributed by atoms with Crippen molar-refractivity contribution in [3.05, 3.63) is 47.5 Å². The second-order valence-corrected chi connectivity index (χ2v) is 17.3. The summed E-state index contributed by atoms with van der Waals surface area (Å²) in [6.45, 7) is 6.95. The number of hydrazine groups is 1. The number of ether oxygens (including phenoxy) is 2. The van der Waals surface area contributed by atoms with Crippen molar-refractivity contribution in [3.63, 3.8) is 0 Å². The summed E-state index contributed by atoms with van der Waals surface area (Å²) >= 11 is 0. The van der Waals surface area contributed by atoms with E-state index in [0.717, 1.165) is 63.4 Å². The van der Waals surface area contributed by atoms with Crippen LogP contribution in [0.5, 0.6) is 0 Å². The monoisotopic (exact) mass is 686 g/mol. The van der Waals surface area contributed by atoms with Gasteiger partial charge in [-0.25, -0.2) is 10.2 Å². The van der Waals surface area contributed by atoms with Gasteiger partial charge in [0.05, 0.1) is 23.5 Å². The van der Waals surface area contributed by atoms with Gasteiger partial charge in [-0.05, 0) is 93.1 Å². The van der Waals surface area contributed by atoms with Crippen LogP contribution in [0.15, 0.2) is 42.0 Å². The van der Waals surface area contributed by atoms with Crippen LogP contribution in [0.1, 0.15) is 123 Å². The molecule has 4 N–H and O–H groups in total. The molecule has 1 aromatic carbocycles. The third-order valence-corrected chi connectivity index (χ3v) is 14.3. The van der Waals surface area contributed by atoms with Crippen molar-refractivity contribution in [2.75, 3.05) is 6.61 Å². The summed E-state index contributed by atoms with van der Waals surface area (Å²) in [6.07, 6.45) is 12.6. The zero-order chi connectivity index (χ0) is 35.2. The highest BCUT2D eigenvalue weighted by molar-refractivity contribution is 5.85. The normalized spacial score (nSPS) is 41.1. The molecule has 10 atom stereocenters. The standard InChI is InChI=1S/C42H58N2O6/c1-29(12-9-16-30-14-5-4-6-15-30)13-11-23-40-34(45)21-24-39(3)32-17-10-18-33(32)43-44-41(37(39)40)28-38(2,22-8-7-19-35(46)50-41)42(40,48)25-20-31-26-36(47)49-27-31/h4-6,14-15,26,29,32-34,37,43-45,48H,7,9-13,16-21,23-25,27-28H2,1-3H3/t29-,32-,33-,34+,37+,38+,39-,40+,41+,42-/m1/s1. The Morgan fingerprint density at radius 2 is 1.84 bits per heavy atom. The highest BCUT2D eigenvalue weighted by Crippen LogP contribution is 2.74. The highest BCUT2D eigenvalue weighted by Gasteiger charge is 2.80. The van der Waals surface area contributed by atoms with Crippen molar-refractivity contribution in [1.29, 1.82) is 0 Å². The average Bonchev–Trinajstić information content (AvgIpc) is 3.74. The van der Waals surface area contributed by atoms with Crippen molar-refractivity contribution in [2.45, 2.75) is 147 Å². The first kappa shape index (κ1) is 35.7. The van der Waals surface area contributed by atoms with Gasteiger partial charge in [-0.3, -0.25) is 10.2 Å². The lowest BCUT2D eigenvalue weighted by atomic mass is 9.34. The number of cyclic esters (lactones) is 1. The van der Waals surface area contributed by atoms with Gasteiger partial charge in [-0.2, -0.15) is 0 Å². The number of esters is 2. The van der Waals surface area contributed by atoms with Crippen LogP contribution in [0.4, 0.5) is 0 Å². The molecule has 6 aliphatic rings. The quantitative estimate of drug-likeness (QED) is 0.159. The number of fused-ring (bicyclic) bond motifs is 3. The molecule has 0 radical (unpaired) electrons. The minimum Gasteiger partial charge on any atom is -0.458 e. The summed E-state index contributed by atoms with van der Waals surface area (Å²) in [5.74, 6) is 6.61. The van der Waals surface area contributed by atoms with E-state index >= 15 is 0 Å². The van der Waals surface area contributed by atoms with Crippen molar-refractivity contribution >= 4 is 11.9 Å². The van der Waals surface area contributed by atoms with E-state index in [2.05, 4.69) is 66.9 Å². The third-order valence-electron chi connectivity index (χ3n) is 14.3. The maximum absolute atomic E-state index is 13.9. The van der Waals surface area contributed by atoms with Crippen LogP contribution in [0.2, 0.25) is 0 Å². The fourth-order valence-electron chi connectivity index (χ4n) is 12.1. The van der Waals surface area contributed by atoms with Crippen LogP contribution in [0.25, 0.3) is 0 Å². The lowest BCUT2D eigenvalue weighted by Crippen LogP contribution is -2.81. The van der Waals surface area contributed by atoms with Gasteiger partial charge in [0, 0.05) is 36.3 Å². The summed E-state index contributed by atoms with van der Waals surface area (Å²) in [7, 11) is 0. The van der Waals surface area contributed by atoms with Crippen molar-refractivity contribution in [3.8, 4) is 11.8 Å². The molecule has 8 heteroatoms. The minimum absolute atomic E-state index is 0.184. The van der Waals surface area contributed by atoms with E-state index in [-0.39, 0.29) is 42.3 Å². The summed E-state index contributed by atoms with van der Waals surface area (Å²) in [5, 5.41) is 26.6. The van der Waals surface area contributed by atoms with Gasteiger partial charge >= 0.3 is 11.9 Å². The van der Waals surface area contributed by atoms with E-state index in [1.165, 1.54) is 5.56 Å². The molecule has 50 heavy (non-hydrogen) atoms. The number of aliphatic hydroxyl groups excluding tert-OH is 1. The van der Waals surface area contributed by atoms with E-state index in [4.69, 9.17) is 9.47 Å². The second-order valence-electron chi connectivity index (χ2n) is 17.3. The van der Waals surface area contributed by atoms with Gasteiger partial charge in [0.2, 0.25) is 0 Å². The largest absolute Gasteiger partial charge is 0.458 e. The summed E-state index contributed by atoms with van der Waals surface area (Å²) in [6, 6.07) is 10.9. The van der Waals surface area contributed by atoms with Crippen molar-refractivity contribution in [2.24, 2.45) is 34.0 Å². The molecule has 0 aromatic heterocycles. The number of aliphatic hydroxyl groups is 2. The van der Waals surface area contributed by atoms with E-state index < -0.39 is 28.3 Å². The number of benzene rings is 1. The highest BCUT2D eigenvalue weighted by atomic mass is 16.6. The van der Waals surface area contributed by atoms with Crippen LogP contribution in [-0.4, -0.2) is 52.2 Å². The molecule has 4 fully saturated rings. The van der Waals surface area contributed by atoms with Crippen LogP contribution in [0.3, 0.4) is 0 Å². The fourth-order valence-corrected chi connectivity index (χ4v) is 12.1. The van der Waals surface area contributed by atoms with Crippen molar-refractivity contribution in [1.82, 2.24) is 10.9 Å². The lowest BCUT2D eigenvalue weighted by molar-refractivity contribution is -0.342. The first-order valence-corrected chi connectivity index (χ1v) is 19.5. The molecule has 8 nitrogen and oxygen atoms in total. The molecule has 272 valence electrons. The molecule has 2 bridgehead atoms. The van der Waals surface area contributed by atoms with E-state index in [1.54, 1.807) is 6.08 Å². The van der Waals surface area contributed by atoms with Gasteiger partial charge in [0.25, 0.3) is 0 Å². The summed E-state index contributed by atoms with van der Waals surface area (Å²) in [4.78, 5) is 25.8. The van der Waals surface area contributed by atoms with Crippen LogP contribution >= 0.6 is 0 Å². The fraction of sp³-hybridized carbons (Fsp3) is 0.714. The second kappa shape index (κ2) is 13.7. The average molecular weight is 687 g/mol. The zero-order valence-electron chi connectivity index (χ0n) is 30.4. The Morgan fingerprint density at radius 3 is 2.62 bits per heavy atom. The molecule has 1 saturated heterocycles. The number of aryl methyl sites for hydroxylation is 1. The maximum Gasteiger partial charge on any atom is 0.331 e. The van der Waals surface area contributed by atoms with E-state index in [1.807, 2.05) is 6.92 Å². The lowest BCUT2D eigenvalue weighted by Gasteiger charge is -2.72. The molecular weight excluding hydrogens is 628 g/mol. The Kier molecular flexibility index (Phi) is 9.77. The molecule has 1 spiro atoms. The molecule has 3 aliphatic carbocycles. The van der Waals surface area contributed by atoms with Gasteiger partial charge in [0.1, 0.15) is 6.61 Å². The number of carbonyl (C=O) groups excluding carboxylic acids is 2. The van der Waals surface area contributed by atoms with E-state index in [9.17, 15) is 19.8 Å². The van der Waals surface area contributed by atoms with Gasteiger partial charge < -0.3 is 19.7 Å². The SMILES string of the molecule is C[C@H](CCCc1ccccc1)CCC[C@@]12[C@@H](O)CC[C@]3(C)[C@@H]4CCC[C@H]4NN[C@]4(C[C@](C)(C#CCCC(=O)O4)[C@]1(O)CCC1=CC(=O)OC1)[C@@H]32. The number of hydrogen-bond donors (Lipinski definition) is 4. The van der Waals surface area contributed by atoms with Crippen LogP contribution in [-0.2, 0) is 25.5 Å². The third kappa shape index (κ3) is 5.94. The number of hydrogen-bond acceptors (Lipinski definition) is 8. The van der Waals surface area contributed by atoms with Gasteiger partial charge in [-0.1, -0.05) is 75.8 Å².